The highest BCUT2D eigenvalue weighted by molar-refractivity contribution is 5.73. The van der Waals surface area contributed by atoms with Crippen molar-refractivity contribution in [2.75, 3.05) is 19.8 Å². The van der Waals surface area contributed by atoms with Gasteiger partial charge < -0.3 is 88.6 Å². The number of allylic oxidation sites excluding steroid dienone is 2. The van der Waals surface area contributed by atoms with Crippen molar-refractivity contribution in [3.05, 3.63) is 11.6 Å². The molecule has 3 saturated heterocycles. The summed E-state index contributed by atoms with van der Waals surface area (Å²) in [7, 11) is 0. The van der Waals surface area contributed by atoms with Crippen LogP contribution in [0.4, 0.5) is 0 Å². The van der Waals surface area contributed by atoms with E-state index in [4.69, 9.17) is 42.6 Å². The zero-order chi connectivity index (χ0) is 55.3. The molecule has 0 amide bonds. The van der Waals surface area contributed by atoms with Crippen LogP contribution >= 0.6 is 0 Å². The fraction of sp³-hybridized carbons (Fsp3) is 0.887. The lowest BCUT2D eigenvalue weighted by Gasteiger charge is -2.72. The van der Waals surface area contributed by atoms with Gasteiger partial charge in [0.25, 0.3) is 0 Å². The lowest BCUT2D eigenvalue weighted by molar-refractivity contribution is -0.392. The van der Waals surface area contributed by atoms with Gasteiger partial charge in [-0.05, 0) is 96.2 Å². The molecule has 0 aromatic rings. The number of esters is 3. The Kier molecular flexibility index (Phi) is 16.3. The van der Waals surface area contributed by atoms with Crippen LogP contribution in [0.25, 0.3) is 0 Å². The summed E-state index contributed by atoms with van der Waals surface area (Å²) in [5, 5.41) is 96.5. The second-order valence-corrected chi connectivity index (χ2v) is 25.1. The van der Waals surface area contributed by atoms with Gasteiger partial charge in [0, 0.05) is 20.8 Å². The van der Waals surface area contributed by atoms with E-state index in [1.165, 1.54) is 26.3 Å². The minimum atomic E-state index is -2.08. The van der Waals surface area contributed by atoms with Gasteiger partial charge in [0.15, 0.2) is 25.0 Å². The van der Waals surface area contributed by atoms with Crippen molar-refractivity contribution in [1.82, 2.24) is 0 Å². The largest absolute Gasteiger partial charge is 0.479 e. The van der Waals surface area contributed by atoms with Crippen molar-refractivity contribution in [3.63, 3.8) is 0 Å². The lowest BCUT2D eigenvalue weighted by Crippen LogP contribution is -2.70. The van der Waals surface area contributed by atoms with E-state index in [0.717, 1.165) is 6.42 Å². The van der Waals surface area contributed by atoms with Gasteiger partial charge in [0.2, 0.25) is 0 Å². The Morgan fingerprint density at radius 2 is 1.25 bits per heavy atom. The van der Waals surface area contributed by atoms with Crippen molar-refractivity contribution in [2.24, 2.45) is 50.2 Å². The summed E-state index contributed by atoms with van der Waals surface area (Å²) in [4.78, 5) is 51.3. The molecule has 24 atom stereocenters. The summed E-state index contributed by atoms with van der Waals surface area (Å²) >= 11 is 0. The van der Waals surface area contributed by atoms with E-state index in [0.29, 0.717) is 44.9 Å². The number of rotatable bonds is 12. The quantitative estimate of drug-likeness (QED) is 0.0570. The Morgan fingerprint density at radius 1 is 0.653 bits per heavy atom. The van der Waals surface area contributed by atoms with E-state index >= 15 is 0 Å². The molecule has 8 aliphatic rings. The van der Waals surface area contributed by atoms with E-state index in [1.54, 1.807) is 0 Å². The standard InChI is InChI=1S/C53H82O22/c1-23(55)68-22-53-27(17-48(4,5)18-33(53)69-24(2)56)26-11-12-31-50(8)15-14-32(49(6,7)30(50)13-16-51(31,9)52(26,10)19-34(53)70-25(3)57)72-47-43(39(63)38(62)41(73-47)44(65)66)75-46-42(37(61)36(60)29(20-54)71-46)74-45-40(64)35(59)28(58)21-67-45/h11,27-43,45-47,54,58-64H,12-22H2,1-10H3,(H,65,66)/t27-,28+,29+,30-,31+,32-,33-,34-,35-,36+,37-,38-,39-,40+,41-,42+,43+,45-,46-,47+,50-,51+,52+,53+/m0/s1. The molecule has 0 unspecified atom stereocenters. The Bertz CT molecular complexity index is 2170. The fourth-order valence-electron chi connectivity index (χ4n) is 16.0. The summed E-state index contributed by atoms with van der Waals surface area (Å²) in [5.41, 5.74) is -2.13. The summed E-state index contributed by atoms with van der Waals surface area (Å²) in [5.74, 6) is -3.32. The Labute approximate surface area is 437 Å². The Hall–Kier alpha value is -2.94. The number of fused-ring (bicyclic) bond motifs is 7. The molecule has 22 nitrogen and oxygen atoms in total. The monoisotopic (exact) mass is 1070 g/mol. The van der Waals surface area contributed by atoms with E-state index < -0.39 is 158 Å². The molecule has 0 bridgehead atoms. The van der Waals surface area contributed by atoms with Crippen LogP contribution in [0.3, 0.4) is 0 Å². The molecular weight excluding hydrogens is 989 g/mol. The van der Waals surface area contributed by atoms with Crippen LogP contribution in [0, 0.1) is 50.2 Å². The molecule has 75 heavy (non-hydrogen) atoms. The van der Waals surface area contributed by atoms with Gasteiger partial charge in [-0.2, -0.15) is 0 Å². The minimum Gasteiger partial charge on any atom is -0.479 e. The highest BCUT2D eigenvalue weighted by atomic mass is 16.8. The third-order valence-electron chi connectivity index (χ3n) is 19.9. The topological polar surface area (TPSA) is 333 Å². The van der Waals surface area contributed by atoms with Crippen molar-refractivity contribution in [2.45, 2.75) is 225 Å². The molecule has 0 aromatic heterocycles. The number of carboxylic acids is 1. The number of aliphatic carboxylic acids is 1. The fourth-order valence-corrected chi connectivity index (χ4v) is 16.0. The molecule has 22 heteroatoms. The molecule has 0 spiro atoms. The molecular formula is C53H82O22. The Morgan fingerprint density at radius 3 is 1.85 bits per heavy atom. The number of carbonyl (C=O) groups excluding carboxylic acids is 3. The first-order valence-electron chi connectivity index (χ1n) is 26.6. The molecule has 3 aliphatic heterocycles. The maximum Gasteiger partial charge on any atom is 0.335 e. The molecule has 426 valence electrons. The average Bonchev–Trinajstić information content (AvgIpc) is 3.31. The predicted octanol–water partition coefficient (Wildman–Crippen LogP) is 0.999. The predicted molar refractivity (Wildman–Crippen MR) is 256 cm³/mol. The van der Waals surface area contributed by atoms with Crippen LogP contribution in [0.2, 0.25) is 0 Å². The Balaban J connectivity index is 1.10. The maximum atomic E-state index is 13.2. The molecule has 0 radical (unpaired) electrons. The van der Waals surface area contributed by atoms with Gasteiger partial charge in [-0.15, -0.1) is 0 Å². The van der Waals surface area contributed by atoms with Crippen LogP contribution in [0.15, 0.2) is 11.6 Å². The summed E-state index contributed by atoms with van der Waals surface area (Å²) < 4.78 is 54.6. The number of carboxylic acid groups (broad SMARTS) is 1. The van der Waals surface area contributed by atoms with Gasteiger partial charge >= 0.3 is 23.9 Å². The van der Waals surface area contributed by atoms with Crippen LogP contribution in [-0.4, -0.2) is 194 Å². The van der Waals surface area contributed by atoms with Crippen molar-refractivity contribution >= 4 is 23.9 Å². The molecule has 0 aromatic carbocycles. The van der Waals surface area contributed by atoms with Gasteiger partial charge in [-0.1, -0.05) is 60.1 Å². The highest BCUT2D eigenvalue weighted by Gasteiger charge is 2.73. The molecule has 3 heterocycles. The number of hydrogen-bond donors (Lipinski definition) is 9. The smallest absolute Gasteiger partial charge is 0.335 e. The van der Waals surface area contributed by atoms with Crippen molar-refractivity contribution in [1.29, 1.82) is 0 Å². The van der Waals surface area contributed by atoms with Gasteiger partial charge in [0.05, 0.1) is 24.7 Å². The molecule has 8 rings (SSSR count). The highest BCUT2D eigenvalue weighted by Crippen LogP contribution is 2.76. The molecule has 7 fully saturated rings. The van der Waals surface area contributed by atoms with E-state index in [2.05, 4.69) is 54.5 Å². The maximum absolute atomic E-state index is 13.2. The number of hydrogen-bond acceptors (Lipinski definition) is 21. The lowest BCUT2D eigenvalue weighted by atomic mass is 9.33. The third-order valence-corrected chi connectivity index (χ3v) is 19.9. The molecule has 4 saturated carbocycles. The summed E-state index contributed by atoms with van der Waals surface area (Å²) in [6.45, 7) is 18.0. The van der Waals surface area contributed by atoms with E-state index in [9.17, 15) is 65.1 Å². The van der Waals surface area contributed by atoms with Crippen LogP contribution < -0.4 is 0 Å². The van der Waals surface area contributed by atoms with Crippen LogP contribution in [0.5, 0.6) is 0 Å². The number of ether oxygens (including phenoxy) is 9. The van der Waals surface area contributed by atoms with E-state index in [-0.39, 0.29) is 40.6 Å². The van der Waals surface area contributed by atoms with E-state index in [1.807, 2.05) is 0 Å². The van der Waals surface area contributed by atoms with Crippen molar-refractivity contribution in [3.8, 4) is 0 Å². The van der Waals surface area contributed by atoms with Gasteiger partial charge in [0.1, 0.15) is 79.9 Å². The summed E-state index contributed by atoms with van der Waals surface area (Å²) in [6.07, 6.45) is -20.4. The summed E-state index contributed by atoms with van der Waals surface area (Å²) in [6, 6.07) is 0. The second-order valence-electron chi connectivity index (χ2n) is 25.1. The second kappa shape index (κ2) is 20.9. The number of aliphatic hydroxyl groups is 8. The molecule has 9 N–H and O–H groups in total. The average molecular weight is 1070 g/mol. The van der Waals surface area contributed by atoms with Crippen molar-refractivity contribution < 1.29 is 108 Å². The van der Waals surface area contributed by atoms with Crippen LogP contribution in [0.1, 0.15) is 121 Å². The van der Waals surface area contributed by atoms with Gasteiger partial charge in [-0.25, -0.2) is 4.79 Å². The zero-order valence-corrected chi connectivity index (χ0v) is 44.7. The van der Waals surface area contributed by atoms with Gasteiger partial charge in [-0.3, -0.25) is 14.4 Å². The molecule has 5 aliphatic carbocycles. The SMILES string of the molecule is CC(=O)OC[C@]12[C@@H](OC(C)=O)CC(C)(C)C[C@H]1C1=CC[C@@H]3[C@@]4(C)CC[C@H](O[C@@H]5O[C@H](C(=O)O)[C@@H](O)[C@H](O)[C@H]5O[C@@H]5O[C@H](CO)[C@@H](O)[C@H](O)[C@H]5O[C@@H]5OC[C@@H](O)[C@H](O)[C@H]5O)C(C)(C)[C@@H]4CC[C@@]3(C)[C@]1(C)C[C@@H]2OC(C)=O. The first kappa shape index (κ1) is 58.2. The third kappa shape index (κ3) is 9.90. The normalized spacial score (nSPS) is 49.1. The number of aliphatic hydroxyl groups excluding tert-OH is 8. The number of carbonyl (C=O) groups is 4. The first-order valence-corrected chi connectivity index (χ1v) is 26.6. The zero-order valence-electron chi connectivity index (χ0n) is 44.7. The van der Waals surface area contributed by atoms with Crippen LogP contribution in [-0.2, 0) is 61.8 Å². The first-order chi connectivity index (χ1) is 34.9. The minimum absolute atomic E-state index is 0.0239.